The number of benzene rings is 1. The van der Waals surface area contributed by atoms with Crippen molar-refractivity contribution in [3.8, 4) is 0 Å². The van der Waals surface area contributed by atoms with E-state index in [2.05, 4.69) is 19.4 Å². The number of hydrogen-bond acceptors (Lipinski definition) is 6. The first-order valence-corrected chi connectivity index (χ1v) is 6.97. The minimum atomic E-state index is -3.84. The first-order valence-electron chi connectivity index (χ1n) is 5.49. The van der Waals surface area contributed by atoms with Crippen molar-refractivity contribution in [2.75, 3.05) is 0 Å². The fraction of sp³-hybridized carbons (Fsp3) is 0.182. The quantitative estimate of drug-likeness (QED) is 0.826. The van der Waals surface area contributed by atoms with Crippen molar-refractivity contribution in [2.24, 2.45) is 0 Å². The van der Waals surface area contributed by atoms with Crippen LogP contribution < -0.4 is 4.72 Å². The number of carbonyl (C=O) groups is 1. The van der Waals surface area contributed by atoms with Gasteiger partial charge in [-0.2, -0.15) is 4.98 Å². The van der Waals surface area contributed by atoms with Gasteiger partial charge in [0.15, 0.2) is 5.82 Å². The van der Waals surface area contributed by atoms with Crippen molar-refractivity contribution >= 4 is 16.0 Å². The molecule has 0 aliphatic rings. The van der Waals surface area contributed by atoms with Gasteiger partial charge in [-0.3, -0.25) is 0 Å². The molecule has 2 rings (SSSR count). The zero-order chi connectivity index (χ0) is 14.8. The summed E-state index contributed by atoms with van der Waals surface area (Å²) < 4.78 is 30.8. The lowest BCUT2D eigenvalue weighted by atomic mass is 10.1. The van der Waals surface area contributed by atoms with E-state index in [1.54, 1.807) is 6.92 Å². The molecule has 0 spiro atoms. The Labute approximate surface area is 114 Å². The first-order chi connectivity index (χ1) is 9.40. The Bertz CT molecular complexity index is 725. The number of hydrogen-bond donors (Lipinski definition) is 2. The Kier molecular flexibility index (Phi) is 3.81. The van der Waals surface area contributed by atoms with Crippen LogP contribution in [0.15, 0.2) is 34.0 Å². The predicted molar refractivity (Wildman–Crippen MR) is 66.5 cm³/mol. The van der Waals surface area contributed by atoms with E-state index in [1.807, 2.05) is 0 Å². The molecule has 0 amide bonds. The van der Waals surface area contributed by atoms with Gasteiger partial charge in [-0.1, -0.05) is 11.2 Å². The van der Waals surface area contributed by atoms with Gasteiger partial charge in [-0.05, 0) is 24.6 Å². The van der Waals surface area contributed by atoms with Crippen molar-refractivity contribution in [3.63, 3.8) is 0 Å². The van der Waals surface area contributed by atoms with Crippen LogP contribution in [0, 0.1) is 6.92 Å². The largest absolute Gasteiger partial charge is 0.478 e. The van der Waals surface area contributed by atoms with Crippen molar-refractivity contribution in [1.29, 1.82) is 0 Å². The third kappa shape index (κ3) is 3.00. The summed E-state index contributed by atoms with van der Waals surface area (Å²) in [4.78, 5) is 14.5. The summed E-state index contributed by atoms with van der Waals surface area (Å²) in [5, 5.41) is 12.5. The van der Waals surface area contributed by atoms with E-state index in [1.165, 1.54) is 12.1 Å². The maximum absolute atomic E-state index is 12.0. The molecule has 0 radical (unpaired) electrons. The van der Waals surface area contributed by atoms with Crippen LogP contribution in [0.25, 0.3) is 0 Å². The molecular weight excluding hydrogens is 286 g/mol. The molecule has 106 valence electrons. The molecule has 0 aliphatic carbocycles. The molecule has 0 saturated heterocycles. The van der Waals surface area contributed by atoms with Crippen LogP contribution in [-0.2, 0) is 16.6 Å². The lowest BCUT2D eigenvalue weighted by molar-refractivity contribution is 0.0696. The van der Waals surface area contributed by atoms with Gasteiger partial charge in [0, 0.05) is 0 Å². The number of aryl methyl sites for hydroxylation is 1. The highest BCUT2D eigenvalue weighted by molar-refractivity contribution is 7.89. The highest BCUT2D eigenvalue weighted by Gasteiger charge is 2.18. The van der Waals surface area contributed by atoms with Gasteiger partial charge in [-0.25, -0.2) is 17.9 Å². The number of aromatic nitrogens is 2. The van der Waals surface area contributed by atoms with Crippen LogP contribution in [0.4, 0.5) is 0 Å². The monoisotopic (exact) mass is 297 g/mol. The predicted octanol–water partition coefficient (Wildman–Crippen LogP) is 0.555. The Hall–Kier alpha value is -2.26. The van der Waals surface area contributed by atoms with Crippen molar-refractivity contribution in [3.05, 3.63) is 41.5 Å². The molecule has 0 bridgehead atoms. The zero-order valence-corrected chi connectivity index (χ0v) is 11.2. The first kappa shape index (κ1) is 14.2. The van der Waals surface area contributed by atoms with Gasteiger partial charge in [0.05, 0.1) is 17.0 Å². The smallest absolute Gasteiger partial charge is 0.335 e. The molecule has 2 N–H and O–H groups in total. The Balaban J connectivity index is 2.25. The number of sulfonamides is 1. The molecule has 1 aromatic heterocycles. The topological polar surface area (TPSA) is 122 Å². The highest BCUT2D eigenvalue weighted by atomic mass is 32.2. The van der Waals surface area contributed by atoms with E-state index in [0.717, 1.165) is 12.5 Å². The zero-order valence-electron chi connectivity index (χ0n) is 10.4. The molecule has 1 heterocycles. The maximum atomic E-state index is 12.0. The summed E-state index contributed by atoms with van der Waals surface area (Å²) in [6.45, 7) is 1.45. The molecular formula is C11H11N3O5S. The number of rotatable bonds is 5. The minimum absolute atomic E-state index is 0.0626. The fourth-order valence-electron chi connectivity index (χ4n) is 1.51. The fourth-order valence-corrected chi connectivity index (χ4v) is 2.52. The van der Waals surface area contributed by atoms with Crippen LogP contribution in [-0.4, -0.2) is 29.6 Å². The molecule has 0 aliphatic heterocycles. The van der Waals surface area contributed by atoms with E-state index in [0.29, 0.717) is 5.56 Å². The summed E-state index contributed by atoms with van der Waals surface area (Å²) in [6, 6.07) is 3.88. The van der Waals surface area contributed by atoms with E-state index in [4.69, 9.17) is 5.11 Å². The van der Waals surface area contributed by atoms with Gasteiger partial charge in [-0.15, -0.1) is 0 Å². The third-order valence-electron chi connectivity index (χ3n) is 2.58. The minimum Gasteiger partial charge on any atom is -0.478 e. The molecule has 0 saturated carbocycles. The molecule has 1 aromatic carbocycles. The molecule has 20 heavy (non-hydrogen) atoms. The molecule has 0 unspecified atom stereocenters. The maximum Gasteiger partial charge on any atom is 0.335 e. The molecule has 8 nitrogen and oxygen atoms in total. The van der Waals surface area contributed by atoms with Crippen molar-refractivity contribution in [2.45, 2.75) is 18.4 Å². The van der Waals surface area contributed by atoms with Crippen LogP contribution in [0.3, 0.4) is 0 Å². The summed E-state index contributed by atoms with van der Waals surface area (Å²) in [6.07, 6.45) is 1.08. The normalized spacial score (nSPS) is 11.4. The number of aromatic carboxylic acids is 1. The average Bonchev–Trinajstić information content (AvgIpc) is 2.89. The van der Waals surface area contributed by atoms with Crippen LogP contribution in [0.2, 0.25) is 0 Å². The molecule has 9 heteroatoms. The van der Waals surface area contributed by atoms with E-state index in [9.17, 15) is 13.2 Å². The average molecular weight is 297 g/mol. The highest BCUT2D eigenvalue weighted by Crippen LogP contribution is 2.15. The van der Waals surface area contributed by atoms with Gasteiger partial charge in [0.2, 0.25) is 16.4 Å². The van der Waals surface area contributed by atoms with Gasteiger partial charge >= 0.3 is 5.97 Å². The number of carboxylic acid groups (broad SMARTS) is 1. The second-order valence-corrected chi connectivity index (χ2v) is 5.72. The molecule has 0 atom stereocenters. The van der Waals surface area contributed by atoms with Gasteiger partial charge in [0.1, 0.15) is 0 Å². The summed E-state index contributed by atoms with van der Waals surface area (Å²) in [5.74, 6) is -1.00. The Morgan fingerprint density at radius 3 is 2.80 bits per heavy atom. The van der Waals surface area contributed by atoms with E-state index in [-0.39, 0.29) is 22.8 Å². The lowest BCUT2D eigenvalue weighted by Crippen LogP contribution is -2.24. The molecule has 0 fully saturated rings. The lowest BCUT2D eigenvalue weighted by Gasteiger charge is -2.07. The summed E-state index contributed by atoms with van der Waals surface area (Å²) in [5.41, 5.74) is 0.419. The number of nitrogens with one attached hydrogen (secondary N) is 1. The standard InChI is InChI=1S/C11H11N3O5S/c1-7-2-3-8(4-9(7)11(15)16)20(17,18)13-5-10-12-6-19-14-10/h2-4,6,13H,5H2,1H3,(H,15,16). The van der Waals surface area contributed by atoms with Gasteiger partial charge in [0.25, 0.3) is 0 Å². The summed E-state index contributed by atoms with van der Waals surface area (Å²) >= 11 is 0. The van der Waals surface area contributed by atoms with Crippen molar-refractivity contribution in [1.82, 2.24) is 14.9 Å². The van der Waals surface area contributed by atoms with Crippen LogP contribution in [0.5, 0.6) is 0 Å². The van der Waals surface area contributed by atoms with E-state index >= 15 is 0 Å². The SMILES string of the molecule is Cc1ccc(S(=O)(=O)NCc2ncon2)cc1C(=O)O. The number of nitrogens with zero attached hydrogens (tertiary/aromatic N) is 2. The molecule has 2 aromatic rings. The van der Waals surface area contributed by atoms with Crippen molar-refractivity contribution < 1.29 is 22.8 Å². The second-order valence-electron chi connectivity index (χ2n) is 3.95. The second kappa shape index (κ2) is 5.39. The number of carboxylic acids is 1. The third-order valence-corrected chi connectivity index (χ3v) is 3.98. The van der Waals surface area contributed by atoms with E-state index < -0.39 is 16.0 Å². The Morgan fingerprint density at radius 2 is 2.20 bits per heavy atom. The van der Waals surface area contributed by atoms with Gasteiger partial charge < -0.3 is 9.63 Å². The van der Waals surface area contributed by atoms with Crippen LogP contribution in [0.1, 0.15) is 21.7 Å². The van der Waals surface area contributed by atoms with Crippen LogP contribution >= 0.6 is 0 Å². The summed E-state index contributed by atoms with van der Waals surface area (Å²) in [7, 11) is -3.84. The Morgan fingerprint density at radius 1 is 1.45 bits per heavy atom.